The number of ether oxygens (including phenoxy) is 1. The number of benzene rings is 1. The first kappa shape index (κ1) is 8.55. The van der Waals surface area contributed by atoms with E-state index >= 15 is 0 Å². The van der Waals surface area contributed by atoms with Crippen molar-refractivity contribution in [2.75, 3.05) is 0 Å². The van der Waals surface area contributed by atoms with Gasteiger partial charge in [-0.15, -0.1) is 0 Å². The largest absolute Gasteiger partial charge is 0.507 e. The number of carboxylic acid groups (broad SMARTS) is 1. The standard InChI is InChI=1S/C9H6O5/c10-6-2-1-4-5(3-14-9(4)13)7(6)8(11)12/h1-2,10H,3H2,(H,11,12). The SMILES string of the molecule is O=C1OCc2c1ccc(O)c2C(=O)O. The molecule has 2 rings (SSSR count). The molecule has 0 amide bonds. The summed E-state index contributed by atoms with van der Waals surface area (Å²) in [4.78, 5) is 21.8. The molecule has 0 radical (unpaired) electrons. The molecule has 1 aromatic rings. The Balaban J connectivity index is 2.71. The molecule has 14 heavy (non-hydrogen) atoms. The quantitative estimate of drug-likeness (QED) is 0.645. The summed E-state index contributed by atoms with van der Waals surface area (Å²) in [6.07, 6.45) is 0. The van der Waals surface area contributed by atoms with Crippen molar-refractivity contribution in [2.24, 2.45) is 0 Å². The first-order valence-corrected chi connectivity index (χ1v) is 3.86. The van der Waals surface area contributed by atoms with Gasteiger partial charge in [0.1, 0.15) is 17.9 Å². The maximum Gasteiger partial charge on any atom is 0.339 e. The zero-order valence-corrected chi connectivity index (χ0v) is 6.98. The van der Waals surface area contributed by atoms with E-state index in [1.54, 1.807) is 0 Å². The van der Waals surface area contributed by atoms with Crippen LogP contribution in [0.3, 0.4) is 0 Å². The fourth-order valence-electron chi connectivity index (χ4n) is 1.43. The normalized spacial score (nSPS) is 13.6. The van der Waals surface area contributed by atoms with E-state index in [1.165, 1.54) is 12.1 Å². The molecule has 0 spiro atoms. The first-order valence-electron chi connectivity index (χ1n) is 3.86. The van der Waals surface area contributed by atoms with Crippen molar-refractivity contribution in [1.82, 2.24) is 0 Å². The lowest BCUT2D eigenvalue weighted by Crippen LogP contribution is -2.03. The zero-order valence-electron chi connectivity index (χ0n) is 6.98. The van der Waals surface area contributed by atoms with Gasteiger partial charge in [-0.25, -0.2) is 9.59 Å². The Bertz CT molecular complexity index is 435. The minimum absolute atomic E-state index is 0.0931. The lowest BCUT2D eigenvalue weighted by atomic mass is 10.0. The summed E-state index contributed by atoms with van der Waals surface area (Å²) in [5, 5.41) is 18.1. The molecule has 72 valence electrons. The van der Waals surface area contributed by atoms with Crippen LogP contribution in [0.4, 0.5) is 0 Å². The van der Waals surface area contributed by atoms with Gasteiger partial charge in [-0.2, -0.15) is 0 Å². The fourth-order valence-corrected chi connectivity index (χ4v) is 1.43. The van der Waals surface area contributed by atoms with Crippen molar-refractivity contribution >= 4 is 11.9 Å². The third-order valence-electron chi connectivity index (χ3n) is 2.07. The minimum atomic E-state index is -1.27. The molecule has 0 atom stereocenters. The summed E-state index contributed by atoms with van der Waals surface area (Å²) in [5.41, 5.74) is 0.191. The lowest BCUT2D eigenvalue weighted by molar-refractivity contribution is 0.0530. The Labute approximate surface area is 78.5 Å². The van der Waals surface area contributed by atoms with Gasteiger partial charge in [-0.3, -0.25) is 0 Å². The predicted molar refractivity (Wildman–Crippen MR) is 44.2 cm³/mol. The van der Waals surface area contributed by atoms with E-state index in [0.717, 1.165) is 0 Å². The van der Waals surface area contributed by atoms with Crippen LogP contribution in [0.25, 0.3) is 0 Å². The summed E-state index contributed by atoms with van der Waals surface area (Å²) in [6.45, 7) is -0.0931. The van der Waals surface area contributed by atoms with Crippen LogP contribution in [0.5, 0.6) is 5.75 Å². The number of phenols is 1. The topological polar surface area (TPSA) is 83.8 Å². The number of carbonyl (C=O) groups is 2. The average molecular weight is 194 g/mol. The van der Waals surface area contributed by atoms with Crippen LogP contribution < -0.4 is 0 Å². The monoisotopic (exact) mass is 194 g/mol. The van der Waals surface area contributed by atoms with Gasteiger partial charge in [0.05, 0.1) is 5.56 Å². The molecular weight excluding hydrogens is 188 g/mol. The van der Waals surface area contributed by atoms with Gasteiger partial charge in [0.15, 0.2) is 0 Å². The molecule has 0 saturated carbocycles. The Morgan fingerprint density at radius 3 is 2.79 bits per heavy atom. The molecule has 2 N–H and O–H groups in total. The van der Waals surface area contributed by atoms with E-state index in [0.29, 0.717) is 0 Å². The molecule has 1 aliphatic heterocycles. The second kappa shape index (κ2) is 2.73. The fraction of sp³-hybridized carbons (Fsp3) is 0.111. The number of aromatic hydroxyl groups is 1. The van der Waals surface area contributed by atoms with Crippen LogP contribution in [0.2, 0.25) is 0 Å². The third-order valence-corrected chi connectivity index (χ3v) is 2.07. The number of fused-ring (bicyclic) bond motifs is 1. The number of carboxylic acids is 1. The number of cyclic esters (lactones) is 1. The van der Waals surface area contributed by atoms with Crippen molar-refractivity contribution in [3.05, 3.63) is 28.8 Å². The van der Waals surface area contributed by atoms with Crippen molar-refractivity contribution in [2.45, 2.75) is 6.61 Å². The minimum Gasteiger partial charge on any atom is -0.507 e. The van der Waals surface area contributed by atoms with Crippen LogP contribution >= 0.6 is 0 Å². The molecule has 0 bridgehead atoms. The Hall–Kier alpha value is -2.04. The zero-order chi connectivity index (χ0) is 10.3. The number of aromatic carboxylic acids is 1. The number of rotatable bonds is 1. The molecule has 0 aliphatic carbocycles. The summed E-state index contributed by atoms with van der Waals surface area (Å²) in [5.74, 6) is -2.17. The summed E-state index contributed by atoms with van der Waals surface area (Å²) in [7, 11) is 0. The highest BCUT2D eigenvalue weighted by atomic mass is 16.5. The van der Waals surface area contributed by atoms with Crippen LogP contribution in [0, 0.1) is 0 Å². The second-order valence-electron chi connectivity index (χ2n) is 2.87. The molecule has 0 unspecified atom stereocenters. The number of hydrogen-bond donors (Lipinski definition) is 2. The number of carbonyl (C=O) groups excluding carboxylic acids is 1. The first-order chi connectivity index (χ1) is 6.61. The molecule has 0 fully saturated rings. The maximum absolute atomic E-state index is 11.1. The van der Waals surface area contributed by atoms with Crippen LogP contribution in [0.1, 0.15) is 26.3 Å². The highest BCUT2D eigenvalue weighted by Gasteiger charge is 2.28. The van der Waals surface area contributed by atoms with Crippen LogP contribution in [-0.4, -0.2) is 22.2 Å². The van der Waals surface area contributed by atoms with Crippen LogP contribution in [-0.2, 0) is 11.3 Å². The van der Waals surface area contributed by atoms with E-state index in [9.17, 15) is 14.7 Å². The molecule has 5 heteroatoms. The number of esters is 1. The Kier molecular flexibility index (Phi) is 1.67. The van der Waals surface area contributed by atoms with Gasteiger partial charge in [-0.05, 0) is 12.1 Å². The molecule has 1 heterocycles. The molecule has 0 aromatic heterocycles. The van der Waals surface area contributed by atoms with E-state index in [1.807, 2.05) is 0 Å². The van der Waals surface area contributed by atoms with E-state index in [4.69, 9.17) is 5.11 Å². The lowest BCUT2D eigenvalue weighted by Gasteiger charge is -2.02. The van der Waals surface area contributed by atoms with E-state index < -0.39 is 11.9 Å². The molecular formula is C9H6O5. The van der Waals surface area contributed by atoms with Gasteiger partial charge in [0.2, 0.25) is 0 Å². The van der Waals surface area contributed by atoms with Gasteiger partial charge in [0.25, 0.3) is 0 Å². The molecule has 1 aromatic carbocycles. The van der Waals surface area contributed by atoms with Crippen LogP contribution in [0.15, 0.2) is 12.1 Å². The molecule has 1 aliphatic rings. The second-order valence-corrected chi connectivity index (χ2v) is 2.87. The summed E-state index contributed by atoms with van der Waals surface area (Å²) < 4.78 is 4.66. The predicted octanol–water partition coefficient (Wildman–Crippen LogP) is 0.761. The van der Waals surface area contributed by atoms with Gasteiger partial charge < -0.3 is 14.9 Å². The van der Waals surface area contributed by atoms with E-state index in [-0.39, 0.29) is 29.0 Å². The smallest absolute Gasteiger partial charge is 0.339 e. The number of hydrogen-bond acceptors (Lipinski definition) is 4. The summed E-state index contributed by atoms with van der Waals surface area (Å²) in [6, 6.07) is 2.53. The van der Waals surface area contributed by atoms with Gasteiger partial charge in [0, 0.05) is 5.56 Å². The van der Waals surface area contributed by atoms with Crippen molar-refractivity contribution in [3.63, 3.8) is 0 Å². The highest BCUT2D eigenvalue weighted by Crippen LogP contribution is 2.29. The van der Waals surface area contributed by atoms with Gasteiger partial charge in [-0.1, -0.05) is 0 Å². The maximum atomic E-state index is 11.1. The van der Waals surface area contributed by atoms with Crippen molar-refractivity contribution in [1.29, 1.82) is 0 Å². The summed E-state index contributed by atoms with van der Waals surface area (Å²) >= 11 is 0. The van der Waals surface area contributed by atoms with Gasteiger partial charge >= 0.3 is 11.9 Å². The van der Waals surface area contributed by atoms with Crippen molar-refractivity contribution in [3.8, 4) is 5.75 Å². The Morgan fingerprint density at radius 2 is 2.14 bits per heavy atom. The molecule has 5 nitrogen and oxygen atoms in total. The Morgan fingerprint density at radius 1 is 1.43 bits per heavy atom. The van der Waals surface area contributed by atoms with Crippen molar-refractivity contribution < 1.29 is 24.5 Å². The highest BCUT2D eigenvalue weighted by molar-refractivity contribution is 6.00. The third kappa shape index (κ3) is 1.02. The average Bonchev–Trinajstić information content (AvgIpc) is 2.47. The molecule has 0 saturated heterocycles. The van der Waals surface area contributed by atoms with E-state index in [2.05, 4.69) is 4.74 Å².